The average Bonchev–Trinajstić information content (AvgIpc) is 2.46. The summed E-state index contributed by atoms with van der Waals surface area (Å²) in [5, 5.41) is 17.9. The second-order valence-corrected chi connectivity index (χ2v) is 3.14. The predicted molar refractivity (Wildman–Crippen MR) is 44.1 cm³/mol. The predicted octanol–water partition coefficient (Wildman–Crippen LogP) is -0.557. The fourth-order valence-corrected chi connectivity index (χ4v) is 1.53. The van der Waals surface area contributed by atoms with Gasteiger partial charge in [-0.25, -0.2) is 4.79 Å². The number of aliphatic hydroxyl groups is 1. The maximum absolute atomic E-state index is 11.2. The second kappa shape index (κ2) is 3.74. The Morgan fingerprint density at radius 2 is 2.15 bits per heavy atom. The van der Waals surface area contributed by atoms with Gasteiger partial charge in [0.25, 0.3) is 0 Å². The Bertz CT molecular complexity index is 228. The van der Waals surface area contributed by atoms with Gasteiger partial charge in [0.15, 0.2) is 0 Å². The van der Waals surface area contributed by atoms with Gasteiger partial charge in [-0.3, -0.25) is 4.79 Å². The first-order chi connectivity index (χ1) is 6.06. The first kappa shape index (κ1) is 9.98. The molecule has 74 valence electrons. The van der Waals surface area contributed by atoms with Gasteiger partial charge in [0, 0.05) is 19.4 Å². The lowest BCUT2D eigenvalue weighted by Crippen LogP contribution is -2.40. The third-order valence-corrected chi connectivity index (χ3v) is 2.19. The van der Waals surface area contributed by atoms with Crippen molar-refractivity contribution in [3.05, 3.63) is 0 Å². The number of carbonyl (C=O) groups excluding carboxylic acids is 1. The van der Waals surface area contributed by atoms with Crippen LogP contribution >= 0.6 is 0 Å². The number of β-amino-alcohol motifs (C(OH)–C–C–N with tert-alkyl or cyclic N) is 1. The number of nitrogens with zero attached hydrogens (tertiary/aromatic N) is 1. The van der Waals surface area contributed by atoms with Crippen molar-refractivity contribution in [2.45, 2.75) is 31.9 Å². The molecule has 0 aromatic rings. The van der Waals surface area contributed by atoms with Gasteiger partial charge in [-0.2, -0.15) is 0 Å². The number of aliphatic hydroxyl groups excluding tert-OH is 1. The SMILES string of the molecule is CCC(=O)N1C[C@@H](O)C[C@H]1C(=O)O. The zero-order valence-electron chi connectivity index (χ0n) is 7.43. The highest BCUT2D eigenvalue weighted by molar-refractivity contribution is 5.84. The summed E-state index contributed by atoms with van der Waals surface area (Å²) in [5.74, 6) is -1.26. The van der Waals surface area contributed by atoms with Crippen LogP contribution in [0.3, 0.4) is 0 Å². The molecule has 0 bridgehead atoms. The van der Waals surface area contributed by atoms with E-state index in [-0.39, 0.29) is 25.3 Å². The molecular formula is C8H13NO4. The Balaban J connectivity index is 2.71. The fraction of sp³-hybridized carbons (Fsp3) is 0.750. The minimum atomic E-state index is -1.04. The number of aliphatic carboxylic acids is 1. The van der Waals surface area contributed by atoms with E-state index in [1.165, 1.54) is 4.90 Å². The number of likely N-dealkylation sites (tertiary alicyclic amines) is 1. The summed E-state index contributed by atoms with van der Waals surface area (Å²) in [5.41, 5.74) is 0. The van der Waals surface area contributed by atoms with E-state index in [1.54, 1.807) is 6.92 Å². The molecule has 0 aromatic heterocycles. The molecule has 2 N–H and O–H groups in total. The summed E-state index contributed by atoms with van der Waals surface area (Å²) in [4.78, 5) is 23.1. The number of amides is 1. The largest absolute Gasteiger partial charge is 0.480 e. The molecule has 1 amide bonds. The van der Waals surface area contributed by atoms with Crippen LogP contribution < -0.4 is 0 Å². The number of hydrogen-bond donors (Lipinski definition) is 2. The van der Waals surface area contributed by atoms with Crippen LogP contribution in [0.2, 0.25) is 0 Å². The van der Waals surface area contributed by atoms with Gasteiger partial charge in [-0.1, -0.05) is 6.92 Å². The minimum Gasteiger partial charge on any atom is -0.480 e. The zero-order chi connectivity index (χ0) is 10.0. The van der Waals surface area contributed by atoms with Crippen LogP contribution in [0.25, 0.3) is 0 Å². The molecule has 1 rings (SSSR count). The van der Waals surface area contributed by atoms with E-state index in [1.807, 2.05) is 0 Å². The van der Waals surface area contributed by atoms with Crippen LogP contribution in [0, 0.1) is 0 Å². The van der Waals surface area contributed by atoms with Gasteiger partial charge in [-0.05, 0) is 0 Å². The van der Waals surface area contributed by atoms with Crippen LogP contribution in [0.1, 0.15) is 19.8 Å². The van der Waals surface area contributed by atoms with Crippen molar-refractivity contribution in [2.24, 2.45) is 0 Å². The smallest absolute Gasteiger partial charge is 0.326 e. The standard InChI is InChI=1S/C8H13NO4/c1-2-7(11)9-4-5(10)3-6(9)8(12)13/h5-6,10H,2-4H2,1H3,(H,12,13)/t5-,6-/m0/s1. The van der Waals surface area contributed by atoms with Crippen molar-refractivity contribution in [3.8, 4) is 0 Å². The van der Waals surface area contributed by atoms with Crippen molar-refractivity contribution >= 4 is 11.9 Å². The van der Waals surface area contributed by atoms with Crippen molar-refractivity contribution in [1.29, 1.82) is 0 Å². The van der Waals surface area contributed by atoms with Crippen molar-refractivity contribution in [2.75, 3.05) is 6.54 Å². The second-order valence-electron chi connectivity index (χ2n) is 3.14. The lowest BCUT2D eigenvalue weighted by atomic mass is 10.2. The quantitative estimate of drug-likeness (QED) is 0.607. The Kier molecular flexibility index (Phi) is 2.87. The van der Waals surface area contributed by atoms with E-state index in [0.717, 1.165) is 0 Å². The molecule has 1 fully saturated rings. The molecule has 5 heteroatoms. The number of carboxylic acid groups (broad SMARTS) is 1. The van der Waals surface area contributed by atoms with Crippen molar-refractivity contribution in [3.63, 3.8) is 0 Å². The van der Waals surface area contributed by atoms with Gasteiger partial charge in [-0.15, -0.1) is 0 Å². The Labute approximate surface area is 76.0 Å². The molecule has 0 aromatic carbocycles. The van der Waals surface area contributed by atoms with E-state index in [2.05, 4.69) is 0 Å². The molecule has 0 saturated carbocycles. The molecule has 1 aliphatic heterocycles. The van der Waals surface area contributed by atoms with Crippen LogP contribution in [0.5, 0.6) is 0 Å². The maximum Gasteiger partial charge on any atom is 0.326 e. The molecule has 5 nitrogen and oxygen atoms in total. The first-order valence-corrected chi connectivity index (χ1v) is 4.26. The van der Waals surface area contributed by atoms with Crippen LogP contribution in [-0.2, 0) is 9.59 Å². The van der Waals surface area contributed by atoms with Gasteiger partial charge in [0.1, 0.15) is 6.04 Å². The van der Waals surface area contributed by atoms with Crippen LogP contribution in [0.4, 0.5) is 0 Å². The summed E-state index contributed by atoms with van der Waals surface area (Å²) < 4.78 is 0. The average molecular weight is 187 g/mol. The lowest BCUT2D eigenvalue weighted by molar-refractivity contribution is -0.148. The van der Waals surface area contributed by atoms with E-state index in [4.69, 9.17) is 5.11 Å². The molecule has 2 atom stereocenters. The number of rotatable bonds is 2. The molecule has 13 heavy (non-hydrogen) atoms. The summed E-state index contributed by atoms with van der Waals surface area (Å²) >= 11 is 0. The van der Waals surface area contributed by atoms with Crippen molar-refractivity contribution in [1.82, 2.24) is 4.90 Å². The molecular weight excluding hydrogens is 174 g/mol. The van der Waals surface area contributed by atoms with Gasteiger partial charge >= 0.3 is 5.97 Å². The topological polar surface area (TPSA) is 77.8 Å². The van der Waals surface area contributed by atoms with Crippen LogP contribution in [-0.4, -0.2) is 45.7 Å². The highest BCUT2D eigenvalue weighted by Gasteiger charge is 2.37. The monoisotopic (exact) mass is 187 g/mol. The van der Waals surface area contributed by atoms with E-state index >= 15 is 0 Å². The zero-order valence-corrected chi connectivity index (χ0v) is 7.43. The summed E-state index contributed by atoms with van der Waals surface area (Å²) in [7, 11) is 0. The van der Waals surface area contributed by atoms with Crippen LogP contribution in [0.15, 0.2) is 0 Å². The lowest BCUT2D eigenvalue weighted by Gasteiger charge is -2.19. The highest BCUT2D eigenvalue weighted by atomic mass is 16.4. The maximum atomic E-state index is 11.2. The minimum absolute atomic E-state index is 0.140. The normalized spacial score (nSPS) is 27.7. The highest BCUT2D eigenvalue weighted by Crippen LogP contribution is 2.18. The molecule has 0 radical (unpaired) electrons. The molecule has 0 unspecified atom stereocenters. The van der Waals surface area contributed by atoms with E-state index < -0.39 is 18.1 Å². The van der Waals surface area contributed by atoms with Gasteiger partial charge < -0.3 is 15.1 Å². The van der Waals surface area contributed by atoms with Crippen molar-refractivity contribution < 1.29 is 19.8 Å². The summed E-state index contributed by atoms with van der Waals surface area (Å²) in [6.07, 6.45) is -0.283. The van der Waals surface area contributed by atoms with Gasteiger partial charge in [0.2, 0.25) is 5.91 Å². The summed E-state index contributed by atoms with van der Waals surface area (Å²) in [6, 6.07) is -0.845. The molecule has 0 aliphatic carbocycles. The number of carboxylic acids is 1. The fourth-order valence-electron chi connectivity index (χ4n) is 1.53. The Morgan fingerprint density at radius 1 is 1.54 bits per heavy atom. The first-order valence-electron chi connectivity index (χ1n) is 4.26. The number of hydrogen-bond acceptors (Lipinski definition) is 3. The van der Waals surface area contributed by atoms with E-state index in [0.29, 0.717) is 0 Å². The molecule has 0 spiro atoms. The van der Waals surface area contributed by atoms with E-state index in [9.17, 15) is 14.7 Å². The third-order valence-electron chi connectivity index (χ3n) is 2.19. The molecule has 1 saturated heterocycles. The Hall–Kier alpha value is -1.10. The van der Waals surface area contributed by atoms with Gasteiger partial charge in [0.05, 0.1) is 6.10 Å². The molecule has 1 heterocycles. The molecule has 1 aliphatic rings. The third kappa shape index (κ3) is 1.98. The summed E-state index contributed by atoms with van der Waals surface area (Å²) in [6.45, 7) is 1.82. The Morgan fingerprint density at radius 3 is 2.62 bits per heavy atom. The number of carbonyl (C=O) groups is 2.